The van der Waals surface area contributed by atoms with Gasteiger partial charge in [-0.2, -0.15) is 5.10 Å². The van der Waals surface area contributed by atoms with Crippen molar-refractivity contribution in [3.05, 3.63) is 46.3 Å². The van der Waals surface area contributed by atoms with Crippen molar-refractivity contribution in [3.63, 3.8) is 0 Å². The SMILES string of the molecule is COc1ccc(NC(C)c2cn[nH]c2)c([N+](=O)[O-])c1. The van der Waals surface area contributed by atoms with Crippen LogP contribution in [0.25, 0.3) is 0 Å². The Morgan fingerprint density at radius 3 is 2.89 bits per heavy atom. The number of rotatable bonds is 5. The first kappa shape index (κ1) is 12.9. The van der Waals surface area contributed by atoms with Gasteiger partial charge in [-0.05, 0) is 19.1 Å². The van der Waals surface area contributed by atoms with Crippen LogP contribution in [0.4, 0.5) is 11.4 Å². The van der Waals surface area contributed by atoms with Gasteiger partial charge in [-0.15, -0.1) is 0 Å². The smallest absolute Gasteiger partial charge is 0.296 e. The molecule has 1 atom stereocenters. The topological polar surface area (TPSA) is 93.1 Å². The van der Waals surface area contributed by atoms with E-state index in [4.69, 9.17) is 4.74 Å². The molecule has 1 aromatic carbocycles. The summed E-state index contributed by atoms with van der Waals surface area (Å²) in [5.74, 6) is 0.452. The van der Waals surface area contributed by atoms with Crippen molar-refractivity contribution in [3.8, 4) is 5.75 Å². The first-order valence-corrected chi connectivity index (χ1v) is 5.69. The first-order chi connectivity index (χ1) is 9.11. The Hall–Kier alpha value is -2.57. The van der Waals surface area contributed by atoms with Gasteiger partial charge in [0.25, 0.3) is 5.69 Å². The third-order valence-electron chi connectivity index (χ3n) is 2.79. The predicted molar refractivity (Wildman–Crippen MR) is 70.3 cm³/mol. The highest BCUT2D eigenvalue weighted by molar-refractivity contribution is 5.64. The van der Waals surface area contributed by atoms with E-state index < -0.39 is 4.92 Å². The number of aromatic nitrogens is 2. The van der Waals surface area contributed by atoms with E-state index in [-0.39, 0.29) is 11.7 Å². The van der Waals surface area contributed by atoms with Crippen molar-refractivity contribution >= 4 is 11.4 Å². The summed E-state index contributed by atoms with van der Waals surface area (Å²) in [5.41, 5.74) is 1.35. The number of anilines is 1. The second-order valence-electron chi connectivity index (χ2n) is 4.04. The summed E-state index contributed by atoms with van der Waals surface area (Å²) in [5, 5.41) is 20.7. The lowest BCUT2D eigenvalue weighted by Gasteiger charge is -2.14. The number of methoxy groups -OCH3 is 1. The molecule has 0 aliphatic rings. The maximum absolute atomic E-state index is 11.0. The van der Waals surface area contributed by atoms with Crippen LogP contribution in [0.15, 0.2) is 30.6 Å². The van der Waals surface area contributed by atoms with Crippen molar-refractivity contribution in [2.45, 2.75) is 13.0 Å². The molecule has 7 heteroatoms. The molecular weight excluding hydrogens is 248 g/mol. The van der Waals surface area contributed by atoms with Crippen LogP contribution in [0, 0.1) is 10.1 Å². The summed E-state index contributed by atoms with van der Waals surface area (Å²) < 4.78 is 4.99. The summed E-state index contributed by atoms with van der Waals surface area (Å²) in [6.07, 6.45) is 3.42. The lowest BCUT2D eigenvalue weighted by molar-refractivity contribution is -0.384. The number of nitro benzene ring substituents is 1. The normalized spacial score (nSPS) is 11.9. The maximum Gasteiger partial charge on any atom is 0.296 e. The van der Waals surface area contributed by atoms with Crippen molar-refractivity contribution in [1.29, 1.82) is 0 Å². The average molecular weight is 262 g/mol. The van der Waals surface area contributed by atoms with Crippen molar-refractivity contribution in [1.82, 2.24) is 10.2 Å². The molecule has 2 N–H and O–H groups in total. The number of nitrogens with one attached hydrogen (secondary N) is 2. The van der Waals surface area contributed by atoms with Gasteiger partial charge in [0, 0.05) is 11.8 Å². The fraction of sp³-hybridized carbons (Fsp3) is 0.250. The Morgan fingerprint density at radius 1 is 1.53 bits per heavy atom. The molecule has 2 aromatic rings. The van der Waals surface area contributed by atoms with Gasteiger partial charge in [-0.3, -0.25) is 15.2 Å². The van der Waals surface area contributed by atoms with E-state index in [2.05, 4.69) is 15.5 Å². The standard InChI is InChI=1S/C12H14N4O3/c1-8(9-6-13-14-7-9)15-11-4-3-10(19-2)5-12(11)16(17)18/h3-8,15H,1-2H3,(H,13,14). The summed E-state index contributed by atoms with van der Waals surface area (Å²) >= 11 is 0. The molecule has 100 valence electrons. The lowest BCUT2D eigenvalue weighted by Crippen LogP contribution is -2.07. The van der Waals surface area contributed by atoms with Gasteiger partial charge in [-0.1, -0.05) is 0 Å². The van der Waals surface area contributed by atoms with Crippen molar-refractivity contribution < 1.29 is 9.66 Å². The zero-order valence-corrected chi connectivity index (χ0v) is 10.6. The third-order valence-corrected chi connectivity index (χ3v) is 2.79. The van der Waals surface area contributed by atoms with Crippen LogP contribution in [0.5, 0.6) is 5.75 Å². The Labute approximate surface area is 109 Å². The second-order valence-corrected chi connectivity index (χ2v) is 4.04. The number of benzene rings is 1. The molecule has 0 saturated carbocycles. The summed E-state index contributed by atoms with van der Waals surface area (Å²) in [4.78, 5) is 10.6. The van der Waals surface area contributed by atoms with Crippen LogP contribution in [-0.2, 0) is 0 Å². The number of ether oxygens (including phenoxy) is 1. The van der Waals surface area contributed by atoms with Crippen LogP contribution >= 0.6 is 0 Å². The van der Waals surface area contributed by atoms with E-state index in [9.17, 15) is 10.1 Å². The van der Waals surface area contributed by atoms with Crippen LogP contribution in [0.1, 0.15) is 18.5 Å². The molecule has 1 heterocycles. The quantitative estimate of drug-likeness (QED) is 0.637. The minimum Gasteiger partial charge on any atom is -0.496 e. The Bertz CT molecular complexity index is 568. The van der Waals surface area contributed by atoms with Gasteiger partial charge in [0.15, 0.2) is 0 Å². The van der Waals surface area contributed by atoms with E-state index in [0.717, 1.165) is 5.56 Å². The Morgan fingerprint density at radius 2 is 2.32 bits per heavy atom. The number of aromatic amines is 1. The molecule has 1 aromatic heterocycles. The van der Waals surface area contributed by atoms with Gasteiger partial charge in [0.1, 0.15) is 11.4 Å². The van der Waals surface area contributed by atoms with E-state index in [1.807, 2.05) is 6.92 Å². The molecule has 0 spiro atoms. The van der Waals surface area contributed by atoms with Crippen LogP contribution in [0.3, 0.4) is 0 Å². The van der Waals surface area contributed by atoms with Crippen molar-refractivity contribution in [2.24, 2.45) is 0 Å². The largest absolute Gasteiger partial charge is 0.496 e. The molecule has 0 amide bonds. The van der Waals surface area contributed by atoms with Gasteiger partial charge in [0.05, 0.1) is 30.3 Å². The van der Waals surface area contributed by atoms with Crippen molar-refractivity contribution in [2.75, 3.05) is 12.4 Å². The molecule has 2 rings (SSSR count). The highest BCUT2D eigenvalue weighted by Gasteiger charge is 2.17. The van der Waals surface area contributed by atoms with E-state index >= 15 is 0 Å². The molecule has 7 nitrogen and oxygen atoms in total. The average Bonchev–Trinajstić information content (AvgIpc) is 2.92. The molecular formula is C12H14N4O3. The molecule has 0 aliphatic carbocycles. The minimum absolute atomic E-state index is 0.0188. The van der Waals surface area contributed by atoms with Crippen LogP contribution in [0.2, 0.25) is 0 Å². The molecule has 0 bridgehead atoms. The first-order valence-electron chi connectivity index (χ1n) is 5.69. The minimum atomic E-state index is -0.438. The molecule has 1 unspecified atom stereocenters. The zero-order chi connectivity index (χ0) is 13.8. The van der Waals surface area contributed by atoms with Gasteiger partial charge >= 0.3 is 0 Å². The fourth-order valence-corrected chi connectivity index (χ4v) is 1.73. The zero-order valence-electron chi connectivity index (χ0n) is 10.6. The van der Waals surface area contributed by atoms with Crippen LogP contribution in [-0.4, -0.2) is 22.2 Å². The number of H-pyrrole nitrogens is 1. The Balaban J connectivity index is 2.27. The van der Waals surface area contributed by atoms with Gasteiger partial charge < -0.3 is 10.1 Å². The Kier molecular flexibility index (Phi) is 3.65. The molecule has 19 heavy (non-hydrogen) atoms. The summed E-state index contributed by atoms with van der Waals surface area (Å²) in [6.45, 7) is 1.90. The number of nitro groups is 1. The maximum atomic E-state index is 11.0. The molecule has 0 fully saturated rings. The number of hydrogen-bond donors (Lipinski definition) is 2. The lowest BCUT2D eigenvalue weighted by atomic mass is 10.1. The summed E-state index contributed by atoms with van der Waals surface area (Å²) in [6, 6.07) is 4.61. The number of nitrogens with zero attached hydrogens (tertiary/aromatic N) is 2. The predicted octanol–water partition coefficient (Wildman–Crippen LogP) is 2.50. The van der Waals surface area contributed by atoms with E-state index in [1.165, 1.54) is 13.2 Å². The molecule has 0 radical (unpaired) electrons. The highest BCUT2D eigenvalue weighted by Crippen LogP contribution is 2.31. The molecule has 0 aliphatic heterocycles. The summed E-state index contributed by atoms with van der Waals surface area (Å²) in [7, 11) is 1.47. The molecule has 0 saturated heterocycles. The fourth-order valence-electron chi connectivity index (χ4n) is 1.73. The highest BCUT2D eigenvalue weighted by atomic mass is 16.6. The van der Waals surface area contributed by atoms with Gasteiger partial charge in [-0.25, -0.2) is 0 Å². The number of hydrogen-bond acceptors (Lipinski definition) is 5. The van der Waals surface area contributed by atoms with Crippen LogP contribution < -0.4 is 10.1 Å². The second kappa shape index (κ2) is 5.38. The monoisotopic (exact) mass is 262 g/mol. The van der Waals surface area contributed by atoms with E-state index in [0.29, 0.717) is 11.4 Å². The van der Waals surface area contributed by atoms with E-state index in [1.54, 1.807) is 24.5 Å². The third kappa shape index (κ3) is 2.82. The van der Waals surface area contributed by atoms with Gasteiger partial charge in [0.2, 0.25) is 0 Å².